The highest BCUT2D eigenvalue weighted by molar-refractivity contribution is 7.80. The van der Waals surface area contributed by atoms with Crippen LogP contribution in [0.5, 0.6) is 5.75 Å². The van der Waals surface area contributed by atoms with Crippen molar-refractivity contribution in [2.75, 3.05) is 23.8 Å². The molecular weight excluding hydrogens is 380 g/mol. The minimum Gasteiger partial charge on any atom is -0.492 e. The number of hydrogen-bond acceptors (Lipinski definition) is 5. The molecule has 0 fully saturated rings. The fourth-order valence-corrected chi connectivity index (χ4v) is 4.74. The van der Waals surface area contributed by atoms with Crippen molar-refractivity contribution < 1.29 is 14.3 Å². The number of carbonyl (C=O) groups is 1. The van der Waals surface area contributed by atoms with Crippen molar-refractivity contribution >= 4 is 45.3 Å². The van der Waals surface area contributed by atoms with Crippen LogP contribution in [-0.4, -0.2) is 24.3 Å². The first-order chi connectivity index (χ1) is 13.1. The van der Waals surface area contributed by atoms with E-state index in [-0.39, 0.29) is 5.97 Å². The molecule has 0 saturated heterocycles. The van der Waals surface area contributed by atoms with Crippen molar-refractivity contribution in [1.82, 2.24) is 0 Å². The van der Waals surface area contributed by atoms with Crippen LogP contribution < -0.4 is 15.4 Å². The summed E-state index contributed by atoms with van der Waals surface area (Å²) < 4.78 is 10.9. The van der Waals surface area contributed by atoms with Crippen molar-refractivity contribution in [3.63, 3.8) is 0 Å². The summed E-state index contributed by atoms with van der Waals surface area (Å²) in [4.78, 5) is 13.8. The monoisotopic (exact) mass is 404 g/mol. The number of ether oxygens (including phenoxy) is 2. The zero-order valence-corrected chi connectivity index (χ0v) is 17.2. The van der Waals surface area contributed by atoms with Crippen molar-refractivity contribution in [1.29, 1.82) is 0 Å². The third-order valence-electron chi connectivity index (χ3n) is 4.31. The molecule has 3 rings (SSSR count). The van der Waals surface area contributed by atoms with Gasteiger partial charge in [0.25, 0.3) is 0 Å². The minimum atomic E-state index is -0.281. The lowest BCUT2D eigenvalue weighted by Crippen LogP contribution is -2.21. The lowest BCUT2D eigenvalue weighted by Gasteiger charge is -2.14. The molecule has 1 aromatic heterocycles. The molecule has 0 radical (unpaired) electrons. The van der Waals surface area contributed by atoms with E-state index in [0.717, 1.165) is 47.7 Å². The Kier molecular flexibility index (Phi) is 6.68. The number of anilines is 2. The average molecular weight is 405 g/mol. The fraction of sp³-hybridized carbons (Fsp3) is 0.400. The summed E-state index contributed by atoms with van der Waals surface area (Å²) >= 11 is 7.09. The van der Waals surface area contributed by atoms with Gasteiger partial charge >= 0.3 is 5.97 Å². The summed E-state index contributed by atoms with van der Waals surface area (Å²) in [6, 6.07) is 7.63. The molecule has 0 saturated carbocycles. The number of benzene rings is 1. The van der Waals surface area contributed by atoms with Gasteiger partial charge in [0.05, 0.1) is 24.5 Å². The number of fused-ring (bicyclic) bond motifs is 1. The topological polar surface area (TPSA) is 59.6 Å². The summed E-state index contributed by atoms with van der Waals surface area (Å²) in [5.41, 5.74) is 2.54. The van der Waals surface area contributed by atoms with E-state index in [2.05, 4.69) is 10.6 Å². The Morgan fingerprint density at radius 1 is 1.15 bits per heavy atom. The fourth-order valence-electron chi connectivity index (χ4n) is 3.18. The molecule has 1 heterocycles. The van der Waals surface area contributed by atoms with Gasteiger partial charge in [-0.2, -0.15) is 0 Å². The minimum absolute atomic E-state index is 0.281. The van der Waals surface area contributed by atoms with Crippen LogP contribution in [0, 0.1) is 0 Å². The smallest absolute Gasteiger partial charge is 0.341 e. The van der Waals surface area contributed by atoms with Gasteiger partial charge in [-0.1, -0.05) is 12.1 Å². The summed E-state index contributed by atoms with van der Waals surface area (Å²) in [6.45, 7) is 4.69. The maximum atomic E-state index is 12.5. The van der Waals surface area contributed by atoms with E-state index < -0.39 is 0 Å². The van der Waals surface area contributed by atoms with E-state index in [1.165, 1.54) is 4.88 Å². The molecule has 144 valence electrons. The quantitative estimate of drug-likeness (QED) is 0.521. The van der Waals surface area contributed by atoms with E-state index >= 15 is 0 Å². The van der Waals surface area contributed by atoms with Gasteiger partial charge in [0.1, 0.15) is 10.8 Å². The number of aryl methyl sites for hydroxylation is 1. The summed E-state index contributed by atoms with van der Waals surface area (Å²) in [5, 5.41) is 7.56. The second-order valence-electron chi connectivity index (χ2n) is 6.14. The second kappa shape index (κ2) is 9.19. The highest BCUT2D eigenvalue weighted by atomic mass is 32.1. The molecule has 2 N–H and O–H groups in total. The molecule has 1 aliphatic carbocycles. The normalized spacial score (nSPS) is 12.8. The van der Waals surface area contributed by atoms with E-state index in [9.17, 15) is 4.79 Å². The predicted molar refractivity (Wildman–Crippen MR) is 114 cm³/mol. The lowest BCUT2D eigenvalue weighted by atomic mass is 9.95. The standard InChI is InChI=1S/C20H24N2O3S2/c1-3-24-15-11-7-6-10-14(15)21-20(26)22-18-17(19(23)25-4-2)13-9-5-8-12-16(13)27-18/h6-7,10-11H,3-5,8-9,12H2,1-2H3,(H2,21,22,26). The molecule has 2 aromatic rings. The van der Waals surface area contributed by atoms with E-state index in [0.29, 0.717) is 23.9 Å². The largest absolute Gasteiger partial charge is 0.492 e. The SMILES string of the molecule is CCOC(=O)c1c(NC(=S)Nc2ccccc2OCC)sc2c1CCCC2. The van der Waals surface area contributed by atoms with E-state index in [1.54, 1.807) is 11.3 Å². The number of thiocarbonyl (C=S) groups is 1. The van der Waals surface area contributed by atoms with Gasteiger partial charge in [-0.3, -0.25) is 0 Å². The number of hydrogen-bond donors (Lipinski definition) is 2. The Bertz CT molecular complexity index is 833. The Morgan fingerprint density at radius 3 is 2.70 bits per heavy atom. The Hall–Kier alpha value is -2.12. The van der Waals surface area contributed by atoms with Crippen molar-refractivity contribution in [2.24, 2.45) is 0 Å². The Morgan fingerprint density at radius 2 is 1.93 bits per heavy atom. The van der Waals surface area contributed by atoms with Crippen LogP contribution >= 0.6 is 23.6 Å². The molecule has 1 aromatic carbocycles. The Labute approximate surface area is 169 Å². The lowest BCUT2D eigenvalue weighted by molar-refractivity contribution is 0.0526. The Balaban J connectivity index is 1.82. The molecule has 0 spiro atoms. The van der Waals surface area contributed by atoms with Crippen molar-refractivity contribution in [3.05, 3.63) is 40.3 Å². The first kappa shape index (κ1) is 19.6. The van der Waals surface area contributed by atoms with Crippen LogP contribution in [0.1, 0.15) is 47.5 Å². The number of nitrogens with one attached hydrogen (secondary N) is 2. The third-order valence-corrected chi connectivity index (χ3v) is 5.72. The van der Waals surface area contributed by atoms with Gasteiger partial charge in [0, 0.05) is 4.88 Å². The maximum absolute atomic E-state index is 12.5. The molecule has 5 nitrogen and oxygen atoms in total. The molecule has 1 aliphatic rings. The molecule has 0 bridgehead atoms. The summed E-state index contributed by atoms with van der Waals surface area (Å²) in [5.74, 6) is 0.456. The van der Waals surface area contributed by atoms with E-state index in [1.807, 2.05) is 38.1 Å². The van der Waals surface area contributed by atoms with Gasteiger partial charge < -0.3 is 20.1 Å². The van der Waals surface area contributed by atoms with Crippen LogP contribution in [0.2, 0.25) is 0 Å². The highest BCUT2D eigenvalue weighted by Gasteiger charge is 2.26. The van der Waals surface area contributed by atoms with Gasteiger partial charge in [-0.25, -0.2) is 4.79 Å². The van der Waals surface area contributed by atoms with Gasteiger partial charge in [-0.15, -0.1) is 11.3 Å². The van der Waals surface area contributed by atoms with Crippen molar-refractivity contribution in [2.45, 2.75) is 39.5 Å². The molecule has 0 amide bonds. The first-order valence-corrected chi connectivity index (χ1v) is 10.5. The van der Waals surface area contributed by atoms with Crippen molar-refractivity contribution in [3.8, 4) is 5.75 Å². The number of esters is 1. The zero-order chi connectivity index (χ0) is 19.2. The van der Waals surface area contributed by atoms with Crippen LogP contribution in [0.15, 0.2) is 24.3 Å². The average Bonchev–Trinajstić information content (AvgIpc) is 3.01. The van der Waals surface area contributed by atoms with Crippen LogP contribution in [0.25, 0.3) is 0 Å². The van der Waals surface area contributed by atoms with Crippen LogP contribution in [0.4, 0.5) is 10.7 Å². The van der Waals surface area contributed by atoms with Gasteiger partial charge in [-0.05, 0) is 69.4 Å². The summed E-state index contributed by atoms with van der Waals surface area (Å²) in [6.07, 6.45) is 4.16. The number of carbonyl (C=O) groups excluding carboxylic acids is 1. The third kappa shape index (κ3) is 4.59. The first-order valence-electron chi connectivity index (χ1n) is 9.25. The predicted octanol–water partition coefficient (Wildman–Crippen LogP) is 5.01. The molecule has 7 heteroatoms. The zero-order valence-electron chi connectivity index (χ0n) is 15.6. The molecule has 27 heavy (non-hydrogen) atoms. The molecular formula is C20H24N2O3S2. The highest BCUT2D eigenvalue weighted by Crippen LogP contribution is 2.38. The van der Waals surface area contributed by atoms with E-state index in [4.69, 9.17) is 21.7 Å². The molecule has 0 aliphatic heterocycles. The van der Waals surface area contributed by atoms with Gasteiger partial charge in [0.15, 0.2) is 5.11 Å². The number of para-hydroxylation sites is 2. The van der Waals surface area contributed by atoms with Crippen LogP contribution in [0.3, 0.4) is 0 Å². The maximum Gasteiger partial charge on any atom is 0.341 e. The number of thiophene rings is 1. The molecule has 0 unspecified atom stereocenters. The van der Waals surface area contributed by atoms with Crippen LogP contribution in [-0.2, 0) is 17.6 Å². The number of rotatable bonds is 6. The molecule has 0 atom stereocenters. The summed E-state index contributed by atoms with van der Waals surface area (Å²) in [7, 11) is 0. The van der Waals surface area contributed by atoms with Gasteiger partial charge in [0.2, 0.25) is 0 Å². The second-order valence-corrected chi connectivity index (χ2v) is 7.66.